The summed E-state index contributed by atoms with van der Waals surface area (Å²) in [6, 6.07) is 6.23. The number of nitrogens with two attached hydrogens (primary N) is 1. The molecule has 0 bridgehead atoms. The van der Waals surface area contributed by atoms with E-state index in [0.717, 1.165) is 24.3 Å². The second kappa shape index (κ2) is 7.72. The van der Waals surface area contributed by atoms with Crippen LogP contribution in [0, 0.1) is 0 Å². The van der Waals surface area contributed by atoms with Gasteiger partial charge in [-0.15, -0.1) is 25.6 Å². The molecule has 0 aliphatic carbocycles. The van der Waals surface area contributed by atoms with E-state index in [0.29, 0.717) is 0 Å². The van der Waals surface area contributed by atoms with Gasteiger partial charge in [0.1, 0.15) is 5.75 Å². The number of rotatable bonds is 3. The van der Waals surface area contributed by atoms with Gasteiger partial charge in [-0.1, -0.05) is 29.8 Å². The van der Waals surface area contributed by atoms with Crippen LogP contribution in [0.1, 0.15) is 22.7 Å². The molecule has 0 radical (unpaired) electrons. The van der Waals surface area contributed by atoms with Gasteiger partial charge in [-0.05, 0) is 35.4 Å². The fraction of sp³-hybridized carbons (Fsp3) is 0.200. The Morgan fingerprint density at radius 3 is 1.96 bits per heavy atom. The Balaban J connectivity index is 0.00000312. The predicted molar refractivity (Wildman–Crippen MR) is 82.9 cm³/mol. The van der Waals surface area contributed by atoms with Gasteiger partial charge in [0.15, 0.2) is 0 Å². The number of hydrogen-bond acceptors (Lipinski definition) is 2. The van der Waals surface area contributed by atoms with Gasteiger partial charge in [0, 0.05) is 5.02 Å². The topological polar surface area (TPSA) is 35.2 Å². The molecule has 0 heterocycles. The van der Waals surface area contributed by atoms with Crippen molar-refractivity contribution in [1.82, 2.24) is 0 Å². The molecule has 2 rings (SSSR count). The van der Waals surface area contributed by atoms with E-state index >= 15 is 0 Å². The van der Waals surface area contributed by atoms with E-state index in [9.17, 15) is 26.3 Å². The van der Waals surface area contributed by atoms with Crippen LogP contribution in [-0.4, -0.2) is 6.36 Å². The molecule has 0 aliphatic heterocycles. The predicted octanol–water partition coefficient (Wildman–Crippen LogP) is 5.73. The van der Waals surface area contributed by atoms with Crippen molar-refractivity contribution >= 4 is 24.0 Å². The van der Waals surface area contributed by atoms with Crippen LogP contribution >= 0.6 is 24.0 Å². The van der Waals surface area contributed by atoms with Crippen LogP contribution in [0.2, 0.25) is 5.02 Å². The van der Waals surface area contributed by atoms with E-state index in [-0.39, 0.29) is 28.6 Å². The van der Waals surface area contributed by atoms with Crippen LogP contribution in [0.4, 0.5) is 26.3 Å². The third-order valence-corrected chi connectivity index (χ3v) is 3.36. The molecule has 0 fully saturated rings. The average Bonchev–Trinajstić information content (AvgIpc) is 2.44. The van der Waals surface area contributed by atoms with E-state index < -0.39 is 29.9 Å². The largest absolute Gasteiger partial charge is 0.573 e. The quantitative estimate of drug-likeness (QED) is 0.662. The lowest BCUT2D eigenvalue weighted by Gasteiger charge is -2.19. The molecule has 2 aromatic rings. The molecule has 2 aromatic carbocycles. The number of halogens is 8. The first kappa shape index (κ1) is 21.4. The van der Waals surface area contributed by atoms with E-state index in [2.05, 4.69) is 4.74 Å². The lowest BCUT2D eigenvalue weighted by Crippen LogP contribution is -2.19. The first-order valence-electron chi connectivity index (χ1n) is 6.45. The van der Waals surface area contributed by atoms with Crippen molar-refractivity contribution in [1.29, 1.82) is 0 Å². The van der Waals surface area contributed by atoms with Crippen molar-refractivity contribution < 1.29 is 31.1 Å². The second-order valence-corrected chi connectivity index (χ2v) is 5.26. The maximum atomic E-state index is 13.1. The number of alkyl halides is 6. The van der Waals surface area contributed by atoms with E-state index in [1.54, 1.807) is 0 Å². The summed E-state index contributed by atoms with van der Waals surface area (Å²) in [5.41, 5.74) is 4.79. The Labute approximate surface area is 149 Å². The molecule has 10 heteroatoms. The Kier molecular flexibility index (Phi) is 6.61. The molecular formula is C15H11Cl2F6NO. The van der Waals surface area contributed by atoms with Crippen molar-refractivity contribution in [3.63, 3.8) is 0 Å². The van der Waals surface area contributed by atoms with Crippen LogP contribution in [0.15, 0.2) is 42.5 Å². The van der Waals surface area contributed by atoms with E-state index in [4.69, 9.17) is 17.3 Å². The Morgan fingerprint density at radius 2 is 1.48 bits per heavy atom. The van der Waals surface area contributed by atoms with Gasteiger partial charge < -0.3 is 10.5 Å². The van der Waals surface area contributed by atoms with Crippen molar-refractivity contribution in [2.75, 3.05) is 0 Å². The van der Waals surface area contributed by atoms with E-state index in [1.807, 2.05) is 0 Å². The Hall–Kier alpha value is -1.64. The van der Waals surface area contributed by atoms with Crippen molar-refractivity contribution in [3.8, 4) is 5.75 Å². The number of ether oxygens (including phenoxy) is 1. The highest BCUT2D eigenvalue weighted by Crippen LogP contribution is 2.37. The van der Waals surface area contributed by atoms with Gasteiger partial charge in [-0.25, -0.2) is 0 Å². The fourth-order valence-electron chi connectivity index (χ4n) is 2.10. The summed E-state index contributed by atoms with van der Waals surface area (Å²) in [5.74, 6) is -0.495. The van der Waals surface area contributed by atoms with Gasteiger partial charge in [0.25, 0.3) is 0 Å². The van der Waals surface area contributed by atoms with Crippen LogP contribution in [0.3, 0.4) is 0 Å². The monoisotopic (exact) mass is 405 g/mol. The molecule has 0 aromatic heterocycles. The van der Waals surface area contributed by atoms with Gasteiger partial charge in [0.05, 0.1) is 11.6 Å². The summed E-state index contributed by atoms with van der Waals surface area (Å²) in [7, 11) is 0. The smallest absolute Gasteiger partial charge is 0.406 e. The number of hydrogen-bond donors (Lipinski definition) is 1. The highest BCUT2D eigenvalue weighted by atomic mass is 35.5. The maximum Gasteiger partial charge on any atom is 0.573 e. The summed E-state index contributed by atoms with van der Waals surface area (Å²) in [6.07, 6.45) is -9.53. The lowest BCUT2D eigenvalue weighted by molar-refractivity contribution is -0.274. The SMILES string of the molecule is Cl.N[C@@H](c1ccc(OC(F)(F)F)cc1)c1ccc(Cl)cc1C(F)(F)F. The molecule has 2 N–H and O–H groups in total. The lowest BCUT2D eigenvalue weighted by atomic mass is 9.95. The molecule has 0 spiro atoms. The van der Waals surface area contributed by atoms with Crippen LogP contribution in [0.25, 0.3) is 0 Å². The molecule has 0 aliphatic rings. The zero-order valence-corrected chi connectivity index (χ0v) is 13.7. The van der Waals surface area contributed by atoms with Gasteiger partial charge >= 0.3 is 12.5 Å². The molecule has 0 saturated carbocycles. The van der Waals surface area contributed by atoms with Crippen LogP contribution in [-0.2, 0) is 6.18 Å². The van der Waals surface area contributed by atoms with Crippen LogP contribution < -0.4 is 10.5 Å². The summed E-state index contributed by atoms with van der Waals surface area (Å²) >= 11 is 5.59. The fourth-order valence-corrected chi connectivity index (χ4v) is 2.27. The Morgan fingerprint density at radius 1 is 0.920 bits per heavy atom. The van der Waals surface area contributed by atoms with E-state index in [1.165, 1.54) is 18.2 Å². The molecule has 25 heavy (non-hydrogen) atoms. The highest BCUT2D eigenvalue weighted by molar-refractivity contribution is 6.30. The van der Waals surface area contributed by atoms with Crippen LogP contribution in [0.5, 0.6) is 5.75 Å². The zero-order chi connectivity index (χ0) is 18.1. The minimum Gasteiger partial charge on any atom is -0.406 e. The van der Waals surface area contributed by atoms with Gasteiger partial charge in [0.2, 0.25) is 0 Å². The number of benzene rings is 2. The summed E-state index contributed by atoms with van der Waals surface area (Å²) in [6.45, 7) is 0. The summed E-state index contributed by atoms with van der Waals surface area (Å²) in [4.78, 5) is 0. The molecule has 0 saturated heterocycles. The molecule has 0 unspecified atom stereocenters. The van der Waals surface area contributed by atoms with Crippen molar-refractivity contribution in [2.45, 2.75) is 18.6 Å². The second-order valence-electron chi connectivity index (χ2n) is 4.82. The Bertz CT molecular complexity index is 715. The summed E-state index contributed by atoms with van der Waals surface area (Å²) in [5, 5.41) is -0.104. The molecule has 2 nitrogen and oxygen atoms in total. The van der Waals surface area contributed by atoms with Crippen molar-refractivity contribution in [2.24, 2.45) is 5.73 Å². The minimum absolute atomic E-state index is 0. The first-order chi connectivity index (χ1) is 11.0. The van der Waals surface area contributed by atoms with Gasteiger partial charge in [-0.2, -0.15) is 13.2 Å². The molecule has 138 valence electrons. The zero-order valence-electron chi connectivity index (χ0n) is 12.2. The standard InChI is InChI=1S/C15H10ClF6NO.ClH/c16-9-3-6-11(12(7-9)14(17,18)19)13(23)8-1-4-10(5-2-8)24-15(20,21)22;/h1-7,13H,23H2;1H/t13-;/m0./s1. The first-order valence-corrected chi connectivity index (χ1v) is 6.83. The average molecular weight is 406 g/mol. The highest BCUT2D eigenvalue weighted by Gasteiger charge is 2.35. The minimum atomic E-state index is -4.86. The third-order valence-electron chi connectivity index (χ3n) is 3.13. The molecular weight excluding hydrogens is 395 g/mol. The van der Waals surface area contributed by atoms with Gasteiger partial charge in [-0.3, -0.25) is 0 Å². The normalized spacial score (nSPS) is 13.1. The molecule has 1 atom stereocenters. The summed E-state index contributed by atoms with van der Waals surface area (Å²) < 4.78 is 79.3. The third kappa shape index (κ3) is 5.69. The van der Waals surface area contributed by atoms with Crippen molar-refractivity contribution in [3.05, 3.63) is 64.2 Å². The maximum absolute atomic E-state index is 13.1. The molecule has 0 amide bonds.